The summed E-state index contributed by atoms with van der Waals surface area (Å²) < 4.78 is 1.39. The second kappa shape index (κ2) is 8.76. The zero-order valence-electron chi connectivity index (χ0n) is 16.5. The number of nitrogens with one attached hydrogen (secondary N) is 1. The number of benzene rings is 3. The van der Waals surface area contributed by atoms with Crippen molar-refractivity contribution >= 4 is 5.82 Å². The summed E-state index contributed by atoms with van der Waals surface area (Å²) in [7, 11) is 0. The molecule has 4 aromatic rings. The van der Waals surface area contributed by atoms with E-state index in [-0.39, 0.29) is 13.2 Å². The molecule has 4 rings (SSSR count). The van der Waals surface area contributed by atoms with Crippen molar-refractivity contribution in [2.75, 3.05) is 11.9 Å². The average Bonchev–Trinajstić information content (AvgIpc) is 2.81. The second-order valence-electron chi connectivity index (χ2n) is 6.99. The number of aliphatic hydroxyl groups is 1. The summed E-state index contributed by atoms with van der Waals surface area (Å²) in [6.07, 6.45) is 1.65. The molecule has 0 unspecified atom stereocenters. The van der Waals surface area contributed by atoms with Gasteiger partial charge in [0.25, 0.3) is 0 Å². The van der Waals surface area contributed by atoms with E-state index in [9.17, 15) is 4.79 Å². The van der Waals surface area contributed by atoms with Crippen LogP contribution in [0.25, 0.3) is 0 Å². The van der Waals surface area contributed by atoms with Crippen molar-refractivity contribution in [3.8, 4) is 0 Å². The summed E-state index contributed by atoms with van der Waals surface area (Å²) in [6, 6.07) is 32.2. The number of aliphatic hydroxyl groups excluding tert-OH is 1. The summed E-state index contributed by atoms with van der Waals surface area (Å²) in [5, 5.41) is 12.7. The lowest BCUT2D eigenvalue weighted by Crippen LogP contribution is -2.39. The van der Waals surface area contributed by atoms with Crippen molar-refractivity contribution in [1.82, 2.24) is 9.55 Å². The van der Waals surface area contributed by atoms with Gasteiger partial charge in [-0.2, -0.15) is 4.98 Å². The smallest absolute Gasteiger partial charge is 0.349 e. The van der Waals surface area contributed by atoms with Crippen LogP contribution in [0.3, 0.4) is 0 Å². The Balaban J connectivity index is 1.94. The van der Waals surface area contributed by atoms with Crippen molar-refractivity contribution in [2.45, 2.75) is 12.1 Å². The highest BCUT2D eigenvalue weighted by atomic mass is 16.3. The summed E-state index contributed by atoms with van der Waals surface area (Å²) in [5.74, 6) is 0.464. The predicted molar refractivity (Wildman–Crippen MR) is 118 cm³/mol. The van der Waals surface area contributed by atoms with Gasteiger partial charge in [0.05, 0.1) is 13.2 Å². The summed E-state index contributed by atoms with van der Waals surface area (Å²) in [4.78, 5) is 16.7. The van der Waals surface area contributed by atoms with Crippen molar-refractivity contribution < 1.29 is 5.11 Å². The Morgan fingerprint density at radius 3 is 1.63 bits per heavy atom. The van der Waals surface area contributed by atoms with Gasteiger partial charge in [-0.05, 0) is 22.8 Å². The van der Waals surface area contributed by atoms with E-state index in [1.807, 2.05) is 54.6 Å². The lowest BCUT2D eigenvalue weighted by molar-refractivity contribution is 0.273. The van der Waals surface area contributed by atoms with Gasteiger partial charge in [-0.25, -0.2) is 4.79 Å². The first-order valence-corrected chi connectivity index (χ1v) is 9.87. The second-order valence-corrected chi connectivity index (χ2v) is 6.99. The summed E-state index contributed by atoms with van der Waals surface area (Å²) in [5.41, 5.74) is 1.94. The molecule has 150 valence electrons. The van der Waals surface area contributed by atoms with Crippen molar-refractivity contribution in [3.05, 3.63) is 130 Å². The first-order valence-electron chi connectivity index (χ1n) is 9.87. The summed E-state index contributed by atoms with van der Waals surface area (Å²) >= 11 is 0. The first kappa shape index (κ1) is 19.6. The van der Waals surface area contributed by atoms with Gasteiger partial charge in [0.15, 0.2) is 0 Å². The Morgan fingerprint density at radius 2 is 1.23 bits per heavy atom. The number of rotatable bonds is 7. The largest absolute Gasteiger partial charge is 0.395 e. The molecule has 0 aliphatic carbocycles. The molecule has 0 aliphatic rings. The highest BCUT2D eigenvalue weighted by Crippen LogP contribution is 2.39. The molecular formula is C25H23N3O2. The van der Waals surface area contributed by atoms with Gasteiger partial charge in [-0.15, -0.1) is 0 Å². The number of nitrogens with zero attached hydrogens (tertiary/aromatic N) is 2. The number of anilines is 1. The van der Waals surface area contributed by atoms with E-state index >= 15 is 0 Å². The normalized spacial score (nSPS) is 11.2. The standard InChI is InChI=1S/C25H23N3O2/c29-19-18-28-17-16-23(26-24(28)30)27-25(20-10-4-1-5-11-20,21-12-6-2-7-13-21)22-14-8-3-9-15-22/h1-17,29H,18-19H2,(H,26,27,30). The number of hydrogen-bond donors (Lipinski definition) is 2. The lowest BCUT2D eigenvalue weighted by atomic mass is 9.77. The molecule has 2 N–H and O–H groups in total. The molecule has 1 aromatic heterocycles. The maximum Gasteiger partial charge on any atom is 0.349 e. The molecule has 0 saturated heterocycles. The van der Waals surface area contributed by atoms with Crippen LogP contribution in [0.15, 0.2) is 108 Å². The third-order valence-corrected chi connectivity index (χ3v) is 5.15. The highest BCUT2D eigenvalue weighted by Gasteiger charge is 2.36. The topological polar surface area (TPSA) is 67.2 Å². The molecule has 0 amide bonds. The van der Waals surface area contributed by atoms with Gasteiger partial charge in [-0.3, -0.25) is 4.57 Å². The van der Waals surface area contributed by atoms with E-state index in [2.05, 4.69) is 46.7 Å². The quantitative estimate of drug-likeness (QED) is 0.467. The maximum atomic E-state index is 12.4. The molecule has 0 radical (unpaired) electrons. The summed E-state index contributed by atoms with van der Waals surface area (Å²) in [6.45, 7) is 0.101. The molecule has 0 atom stereocenters. The lowest BCUT2D eigenvalue weighted by Gasteiger charge is -2.37. The Morgan fingerprint density at radius 1 is 0.767 bits per heavy atom. The SMILES string of the molecule is O=c1nc(NC(c2ccccc2)(c2ccccc2)c2ccccc2)ccn1CCO. The minimum absolute atomic E-state index is 0.115. The maximum absolute atomic E-state index is 12.4. The van der Waals surface area contributed by atoms with Gasteiger partial charge < -0.3 is 10.4 Å². The molecule has 5 heteroatoms. The minimum atomic E-state index is -0.744. The van der Waals surface area contributed by atoms with Crippen LogP contribution in [0.5, 0.6) is 0 Å². The molecule has 0 spiro atoms. The van der Waals surface area contributed by atoms with E-state index < -0.39 is 11.2 Å². The minimum Gasteiger partial charge on any atom is -0.395 e. The predicted octanol–water partition coefficient (Wildman–Crippen LogP) is 3.64. The molecule has 5 nitrogen and oxygen atoms in total. The van der Waals surface area contributed by atoms with Crippen LogP contribution < -0.4 is 11.0 Å². The van der Waals surface area contributed by atoms with Crippen LogP contribution in [-0.4, -0.2) is 21.3 Å². The molecule has 30 heavy (non-hydrogen) atoms. The van der Waals surface area contributed by atoms with E-state index in [0.29, 0.717) is 5.82 Å². The van der Waals surface area contributed by atoms with Gasteiger partial charge in [0.2, 0.25) is 0 Å². The van der Waals surface area contributed by atoms with Gasteiger partial charge >= 0.3 is 5.69 Å². The van der Waals surface area contributed by atoms with Crippen LogP contribution in [0, 0.1) is 0 Å². The first-order chi connectivity index (χ1) is 14.7. The van der Waals surface area contributed by atoms with Crippen molar-refractivity contribution in [3.63, 3.8) is 0 Å². The van der Waals surface area contributed by atoms with Crippen LogP contribution in [-0.2, 0) is 12.1 Å². The monoisotopic (exact) mass is 397 g/mol. The third kappa shape index (κ3) is 3.75. The van der Waals surface area contributed by atoms with Gasteiger partial charge in [0, 0.05) is 6.20 Å². The number of hydrogen-bond acceptors (Lipinski definition) is 4. The van der Waals surface area contributed by atoms with E-state index in [0.717, 1.165) is 16.7 Å². The average molecular weight is 397 g/mol. The zero-order chi connectivity index (χ0) is 20.8. The Hall–Kier alpha value is -3.70. The fourth-order valence-corrected chi connectivity index (χ4v) is 3.75. The molecule has 0 fully saturated rings. The van der Waals surface area contributed by atoms with Crippen LogP contribution in [0.2, 0.25) is 0 Å². The molecule has 0 saturated carbocycles. The van der Waals surface area contributed by atoms with Gasteiger partial charge in [-0.1, -0.05) is 91.0 Å². The Labute approximate surface area is 175 Å². The third-order valence-electron chi connectivity index (χ3n) is 5.15. The molecule has 0 bridgehead atoms. The van der Waals surface area contributed by atoms with E-state index in [4.69, 9.17) is 5.11 Å². The van der Waals surface area contributed by atoms with E-state index in [1.54, 1.807) is 12.3 Å². The fourth-order valence-electron chi connectivity index (χ4n) is 3.75. The highest BCUT2D eigenvalue weighted by molar-refractivity contribution is 5.57. The Kier molecular flexibility index (Phi) is 5.72. The van der Waals surface area contributed by atoms with Crippen molar-refractivity contribution in [1.29, 1.82) is 0 Å². The van der Waals surface area contributed by atoms with E-state index in [1.165, 1.54) is 4.57 Å². The van der Waals surface area contributed by atoms with Crippen LogP contribution in [0.1, 0.15) is 16.7 Å². The zero-order valence-corrected chi connectivity index (χ0v) is 16.5. The van der Waals surface area contributed by atoms with Crippen LogP contribution in [0.4, 0.5) is 5.82 Å². The number of aromatic nitrogens is 2. The Bertz CT molecular complexity index is 1050. The van der Waals surface area contributed by atoms with Crippen molar-refractivity contribution in [2.24, 2.45) is 0 Å². The molecular weight excluding hydrogens is 374 g/mol. The van der Waals surface area contributed by atoms with Crippen LogP contribution >= 0.6 is 0 Å². The fraction of sp³-hybridized carbons (Fsp3) is 0.120. The molecule has 0 aliphatic heterocycles. The van der Waals surface area contributed by atoms with Gasteiger partial charge in [0.1, 0.15) is 11.4 Å². The molecule has 1 heterocycles. The molecule has 3 aromatic carbocycles.